The van der Waals surface area contributed by atoms with Gasteiger partial charge in [-0.2, -0.15) is 0 Å². The normalized spacial score (nSPS) is 16.8. The molecule has 1 aliphatic rings. The zero-order valence-electron chi connectivity index (χ0n) is 9.90. The number of Topliss-reactive ketones (excluding diaryl/α,β-unsaturated/α-hetero) is 1. The molecule has 2 nitrogen and oxygen atoms in total. The fraction of sp³-hybridized carbons (Fsp3) is 0.133. The van der Waals surface area contributed by atoms with E-state index in [9.17, 15) is 13.6 Å². The Bertz CT molecular complexity index is 627. The summed E-state index contributed by atoms with van der Waals surface area (Å²) in [7, 11) is 0. The molecule has 1 heterocycles. The number of rotatable bonds is 2. The average Bonchev–Trinajstić information content (AvgIpc) is 2.81. The van der Waals surface area contributed by atoms with E-state index in [1.165, 1.54) is 0 Å². The Kier molecular flexibility index (Phi) is 2.78. The minimum absolute atomic E-state index is 0.140. The number of halogens is 2. The molecule has 0 bridgehead atoms. The Morgan fingerprint density at radius 2 is 1.95 bits per heavy atom. The predicted molar refractivity (Wildman–Crippen MR) is 65.3 cm³/mol. The van der Waals surface area contributed by atoms with Crippen molar-refractivity contribution in [1.29, 1.82) is 0 Å². The number of hydrogen-bond donors (Lipinski definition) is 0. The molecule has 0 N–H and O–H groups in total. The summed E-state index contributed by atoms with van der Waals surface area (Å²) in [6.45, 7) is 0. The lowest BCUT2D eigenvalue weighted by Gasteiger charge is -2.10. The Morgan fingerprint density at radius 1 is 1.16 bits per heavy atom. The minimum atomic E-state index is -0.857. The van der Waals surface area contributed by atoms with Crippen molar-refractivity contribution in [3.05, 3.63) is 65.2 Å². The van der Waals surface area contributed by atoms with Crippen molar-refractivity contribution in [2.75, 3.05) is 0 Å². The fourth-order valence-corrected chi connectivity index (χ4v) is 2.19. The highest BCUT2D eigenvalue weighted by molar-refractivity contribution is 6.00. The van der Waals surface area contributed by atoms with Crippen LogP contribution in [0.3, 0.4) is 0 Å². The largest absolute Gasteiger partial charge is 0.482 e. The van der Waals surface area contributed by atoms with Gasteiger partial charge in [-0.25, -0.2) is 8.78 Å². The first kappa shape index (κ1) is 11.8. The van der Waals surface area contributed by atoms with E-state index in [1.807, 2.05) is 18.2 Å². The standard InChI is InChI=1S/C15H10F2O2/c16-10-5-6-11(12(17)8-10)15(18)14-7-9-3-1-2-4-13(9)19-14/h1-6,8,14H,7H2/t14-/m1/s1. The lowest BCUT2D eigenvalue weighted by atomic mass is 10.0. The van der Waals surface area contributed by atoms with Gasteiger partial charge in [0.2, 0.25) is 5.78 Å². The lowest BCUT2D eigenvalue weighted by Crippen LogP contribution is -2.26. The fourth-order valence-electron chi connectivity index (χ4n) is 2.19. The Labute approximate surface area is 108 Å². The summed E-state index contributed by atoms with van der Waals surface area (Å²) in [5.74, 6) is -1.38. The second-order valence-corrected chi connectivity index (χ2v) is 4.41. The van der Waals surface area contributed by atoms with Crippen molar-refractivity contribution in [1.82, 2.24) is 0 Å². The minimum Gasteiger partial charge on any atom is -0.482 e. The molecule has 2 aromatic rings. The molecule has 19 heavy (non-hydrogen) atoms. The second kappa shape index (κ2) is 4.46. The van der Waals surface area contributed by atoms with Gasteiger partial charge in [0.05, 0.1) is 5.56 Å². The summed E-state index contributed by atoms with van der Waals surface area (Å²) >= 11 is 0. The molecule has 0 aliphatic carbocycles. The van der Waals surface area contributed by atoms with Crippen molar-refractivity contribution >= 4 is 5.78 Å². The maximum Gasteiger partial charge on any atom is 0.206 e. The van der Waals surface area contributed by atoms with E-state index < -0.39 is 23.5 Å². The quantitative estimate of drug-likeness (QED) is 0.775. The highest BCUT2D eigenvalue weighted by Gasteiger charge is 2.30. The zero-order valence-corrected chi connectivity index (χ0v) is 9.90. The average molecular weight is 260 g/mol. The van der Waals surface area contributed by atoms with Crippen molar-refractivity contribution < 1.29 is 18.3 Å². The molecule has 0 amide bonds. The van der Waals surface area contributed by atoms with Gasteiger partial charge in [-0.3, -0.25) is 4.79 Å². The number of carbonyl (C=O) groups excluding carboxylic acids is 1. The molecule has 1 atom stereocenters. The molecule has 0 spiro atoms. The van der Waals surface area contributed by atoms with E-state index >= 15 is 0 Å². The number of benzene rings is 2. The van der Waals surface area contributed by atoms with Crippen molar-refractivity contribution in [3.8, 4) is 5.75 Å². The maximum atomic E-state index is 13.6. The number of ether oxygens (including phenoxy) is 1. The summed E-state index contributed by atoms with van der Waals surface area (Å²) in [5.41, 5.74) is 0.780. The van der Waals surface area contributed by atoms with Crippen LogP contribution < -0.4 is 4.74 Å². The van der Waals surface area contributed by atoms with Gasteiger partial charge in [-0.1, -0.05) is 18.2 Å². The van der Waals surface area contributed by atoms with Crippen LogP contribution in [-0.4, -0.2) is 11.9 Å². The van der Waals surface area contributed by atoms with E-state index in [0.717, 1.165) is 17.7 Å². The van der Waals surface area contributed by atoms with Gasteiger partial charge in [0.1, 0.15) is 17.4 Å². The highest BCUT2D eigenvalue weighted by Crippen LogP contribution is 2.30. The summed E-state index contributed by atoms with van der Waals surface area (Å²) in [4.78, 5) is 12.2. The summed E-state index contributed by atoms with van der Waals surface area (Å²) in [6, 6.07) is 10.2. The van der Waals surface area contributed by atoms with Gasteiger partial charge in [0.15, 0.2) is 6.10 Å². The molecule has 0 saturated heterocycles. The van der Waals surface area contributed by atoms with Crippen LogP contribution in [0.1, 0.15) is 15.9 Å². The Hall–Kier alpha value is -2.23. The first-order valence-corrected chi connectivity index (χ1v) is 5.89. The van der Waals surface area contributed by atoms with Crippen LogP contribution in [0, 0.1) is 11.6 Å². The van der Waals surface area contributed by atoms with Crippen LogP contribution in [0.25, 0.3) is 0 Å². The van der Waals surface area contributed by atoms with Gasteiger partial charge < -0.3 is 4.74 Å². The van der Waals surface area contributed by atoms with E-state index in [0.29, 0.717) is 18.2 Å². The third-order valence-electron chi connectivity index (χ3n) is 3.14. The maximum absolute atomic E-state index is 13.6. The van der Waals surface area contributed by atoms with E-state index in [2.05, 4.69) is 0 Å². The van der Waals surface area contributed by atoms with Crippen molar-refractivity contribution in [2.45, 2.75) is 12.5 Å². The first-order valence-electron chi connectivity index (χ1n) is 5.89. The Morgan fingerprint density at radius 3 is 2.68 bits per heavy atom. The molecular weight excluding hydrogens is 250 g/mol. The third kappa shape index (κ3) is 2.10. The molecule has 0 saturated carbocycles. The van der Waals surface area contributed by atoms with Crippen LogP contribution in [0.5, 0.6) is 5.75 Å². The number of hydrogen-bond acceptors (Lipinski definition) is 2. The highest BCUT2D eigenvalue weighted by atomic mass is 19.1. The van der Waals surface area contributed by atoms with Crippen LogP contribution in [0.4, 0.5) is 8.78 Å². The monoisotopic (exact) mass is 260 g/mol. The van der Waals surface area contributed by atoms with Crippen molar-refractivity contribution in [2.24, 2.45) is 0 Å². The van der Waals surface area contributed by atoms with Gasteiger partial charge >= 0.3 is 0 Å². The molecule has 0 radical (unpaired) electrons. The molecule has 0 aromatic heterocycles. The lowest BCUT2D eigenvalue weighted by molar-refractivity contribution is 0.0820. The molecule has 3 rings (SSSR count). The van der Waals surface area contributed by atoms with Crippen LogP contribution in [0.15, 0.2) is 42.5 Å². The van der Waals surface area contributed by atoms with Crippen molar-refractivity contribution in [3.63, 3.8) is 0 Å². The zero-order chi connectivity index (χ0) is 13.4. The molecular formula is C15H10F2O2. The van der Waals surface area contributed by atoms with Gasteiger partial charge in [0, 0.05) is 12.5 Å². The third-order valence-corrected chi connectivity index (χ3v) is 3.14. The van der Waals surface area contributed by atoms with E-state index in [1.54, 1.807) is 6.07 Å². The van der Waals surface area contributed by atoms with Crippen LogP contribution in [-0.2, 0) is 6.42 Å². The molecule has 0 unspecified atom stereocenters. The van der Waals surface area contributed by atoms with Gasteiger partial charge in [-0.05, 0) is 23.8 Å². The number of para-hydroxylation sites is 1. The molecule has 96 valence electrons. The number of ketones is 1. The summed E-state index contributed by atoms with van der Waals surface area (Å²) in [5, 5.41) is 0. The van der Waals surface area contributed by atoms with E-state index in [-0.39, 0.29) is 5.56 Å². The molecule has 4 heteroatoms. The number of fused-ring (bicyclic) bond motifs is 1. The van der Waals surface area contributed by atoms with Crippen LogP contribution in [0.2, 0.25) is 0 Å². The van der Waals surface area contributed by atoms with Gasteiger partial charge in [-0.15, -0.1) is 0 Å². The molecule has 0 fully saturated rings. The smallest absolute Gasteiger partial charge is 0.206 e. The second-order valence-electron chi connectivity index (χ2n) is 4.41. The van der Waals surface area contributed by atoms with Crippen LogP contribution >= 0.6 is 0 Å². The van der Waals surface area contributed by atoms with Gasteiger partial charge in [0.25, 0.3) is 0 Å². The Balaban J connectivity index is 1.87. The first-order chi connectivity index (χ1) is 9.15. The topological polar surface area (TPSA) is 26.3 Å². The molecule has 1 aliphatic heterocycles. The molecule has 2 aromatic carbocycles. The SMILES string of the molecule is O=C(c1ccc(F)cc1F)[C@H]1Cc2ccccc2O1. The number of carbonyl (C=O) groups is 1. The summed E-state index contributed by atoms with van der Waals surface area (Å²) in [6.07, 6.45) is -0.330. The predicted octanol–water partition coefficient (Wildman–Crippen LogP) is 3.15. The van der Waals surface area contributed by atoms with E-state index in [4.69, 9.17) is 4.74 Å². The summed E-state index contributed by atoms with van der Waals surface area (Å²) < 4.78 is 31.9.